The average molecular weight is 388 g/mol. The molecule has 0 atom stereocenters. The van der Waals surface area contributed by atoms with Crippen LogP contribution in [-0.4, -0.2) is 33.3 Å². The Balaban J connectivity index is 2.16. The standard InChI is InChI=1S/C11H13IN6O2/c1-6-15-17-11(18(6)13)16-14-5-7-3-8(12)10(19)9(4-7)20-2/h3-5,19H,13H2,1-2H3,(H,16,17)/b14-5+. The molecule has 0 radical (unpaired) electrons. The van der Waals surface area contributed by atoms with Crippen LogP contribution >= 0.6 is 22.6 Å². The predicted molar refractivity (Wildman–Crippen MR) is 83.5 cm³/mol. The van der Waals surface area contributed by atoms with Crippen molar-refractivity contribution in [2.45, 2.75) is 6.92 Å². The van der Waals surface area contributed by atoms with Crippen LogP contribution in [0.2, 0.25) is 0 Å². The Morgan fingerprint density at radius 1 is 1.50 bits per heavy atom. The number of halogens is 1. The summed E-state index contributed by atoms with van der Waals surface area (Å²) in [6, 6.07) is 3.43. The van der Waals surface area contributed by atoms with E-state index in [0.29, 0.717) is 21.1 Å². The van der Waals surface area contributed by atoms with Crippen LogP contribution < -0.4 is 16.0 Å². The third kappa shape index (κ3) is 2.92. The van der Waals surface area contributed by atoms with E-state index in [1.54, 1.807) is 25.3 Å². The molecule has 0 unspecified atom stereocenters. The molecule has 1 aromatic carbocycles. The number of nitrogens with one attached hydrogen (secondary N) is 1. The molecular weight excluding hydrogens is 375 g/mol. The van der Waals surface area contributed by atoms with E-state index in [0.717, 1.165) is 5.56 Å². The van der Waals surface area contributed by atoms with Crippen molar-refractivity contribution >= 4 is 34.8 Å². The van der Waals surface area contributed by atoms with Crippen LogP contribution in [-0.2, 0) is 0 Å². The summed E-state index contributed by atoms with van der Waals surface area (Å²) in [4.78, 5) is 0. The fourth-order valence-electron chi connectivity index (χ4n) is 1.43. The lowest BCUT2D eigenvalue weighted by atomic mass is 10.2. The van der Waals surface area contributed by atoms with Gasteiger partial charge in [-0.3, -0.25) is 0 Å². The van der Waals surface area contributed by atoms with E-state index in [9.17, 15) is 5.11 Å². The van der Waals surface area contributed by atoms with Crippen LogP contribution in [0.25, 0.3) is 0 Å². The number of nitrogens with two attached hydrogens (primary N) is 1. The first kappa shape index (κ1) is 14.4. The molecule has 0 saturated heterocycles. The van der Waals surface area contributed by atoms with Gasteiger partial charge in [0, 0.05) is 0 Å². The van der Waals surface area contributed by atoms with Crippen LogP contribution in [0.15, 0.2) is 17.2 Å². The van der Waals surface area contributed by atoms with Crippen molar-refractivity contribution < 1.29 is 9.84 Å². The molecule has 1 aromatic heterocycles. The number of ether oxygens (including phenoxy) is 1. The number of aryl methyl sites for hydroxylation is 1. The van der Waals surface area contributed by atoms with Gasteiger partial charge >= 0.3 is 0 Å². The van der Waals surface area contributed by atoms with Gasteiger partial charge in [0.25, 0.3) is 5.95 Å². The summed E-state index contributed by atoms with van der Waals surface area (Å²) in [6.45, 7) is 1.73. The third-order valence-corrected chi connectivity index (χ3v) is 3.34. The maximum absolute atomic E-state index is 9.73. The van der Waals surface area contributed by atoms with Gasteiger partial charge in [0.15, 0.2) is 17.3 Å². The largest absolute Gasteiger partial charge is 0.504 e. The molecule has 0 fully saturated rings. The molecule has 0 aliphatic heterocycles. The van der Waals surface area contributed by atoms with Crippen LogP contribution in [0.1, 0.15) is 11.4 Å². The minimum atomic E-state index is 0.107. The monoisotopic (exact) mass is 388 g/mol. The zero-order valence-corrected chi connectivity index (χ0v) is 13.0. The number of nitrogen functional groups attached to an aromatic ring is 1. The molecule has 2 rings (SSSR count). The highest BCUT2D eigenvalue weighted by molar-refractivity contribution is 14.1. The van der Waals surface area contributed by atoms with E-state index in [2.05, 4.69) is 20.7 Å². The Morgan fingerprint density at radius 3 is 2.85 bits per heavy atom. The quantitative estimate of drug-likeness (QED) is 0.313. The van der Waals surface area contributed by atoms with Gasteiger partial charge in [-0.05, 0) is 47.2 Å². The third-order valence-electron chi connectivity index (χ3n) is 2.52. The Morgan fingerprint density at radius 2 is 2.25 bits per heavy atom. The van der Waals surface area contributed by atoms with Gasteiger partial charge in [0.1, 0.15) is 0 Å². The van der Waals surface area contributed by atoms with Gasteiger partial charge in [-0.1, -0.05) is 0 Å². The zero-order valence-electron chi connectivity index (χ0n) is 10.8. The summed E-state index contributed by atoms with van der Waals surface area (Å²) >= 11 is 2.01. The molecule has 0 bridgehead atoms. The summed E-state index contributed by atoms with van der Waals surface area (Å²) in [5.74, 6) is 7.07. The Hall–Kier alpha value is -2.04. The van der Waals surface area contributed by atoms with E-state index >= 15 is 0 Å². The first-order valence-corrected chi connectivity index (χ1v) is 6.63. The molecular formula is C11H13IN6O2. The molecule has 0 aliphatic rings. The van der Waals surface area contributed by atoms with Gasteiger partial charge in [-0.25, -0.2) is 10.1 Å². The van der Waals surface area contributed by atoms with Crippen molar-refractivity contribution in [2.75, 3.05) is 18.4 Å². The number of hydrogen-bond donors (Lipinski definition) is 3. The molecule has 1 heterocycles. The minimum Gasteiger partial charge on any atom is -0.504 e. The number of hydrazone groups is 1. The SMILES string of the molecule is COc1cc(/C=N/Nc2nnc(C)n2N)cc(I)c1O. The Bertz CT molecular complexity index is 655. The number of nitrogens with zero attached hydrogens (tertiary/aromatic N) is 4. The number of aromatic nitrogens is 3. The predicted octanol–water partition coefficient (Wildman–Crippen LogP) is 1.07. The lowest BCUT2D eigenvalue weighted by Crippen LogP contribution is -2.13. The fraction of sp³-hybridized carbons (Fsp3) is 0.182. The number of aromatic hydroxyl groups is 1. The molecule has 0 saturated carbocycles. The first-order valence-electron chi connectivity index (χ1n) is 5.55. The van der Waals surface area contributed by atoms with Gasteiger partial charge in [-0.2, -0.15) is 5.10 Å². The highest BCUT2D eigenvalue weighted by atomic mass is 127. The summed E-state index contributed by atoms with van der Waals surface area (Å²) in [5, 5.41) is 21.3. The Labute approximate surface area is 128 Å². The van der Waals surface area contributed by atoms with Crippen molar-refractivity contribution in [3.8, 4) is 11.5 Å². The van der Waals surface area contributed by atoms with E-state index in [4.69, 9.17) is 10.6 Å². The molecule has 0 aliphatic carbocycles. The van der Waals surface area contributed by atoms with E-state index < -0.39 is 0 Å². The van der Waals surface area contributed by atoms with Gasteiger partial charge in [0.2, 0.25) is 0 Å². The van der Waals surface area contributed by atoms with Crippen molar-refractivity contribution in [3.05, 3.63) is 27.1 Å². The molecule has 0 spiro atoms. The maximum Gasteiger partial charge on any atom is 0.263 e. The average Bonchev–Trinajstić information content (AvgIpc) is 2.74. The lowest BCUT2D eigenvalue weighted by Gasteiger charge is -2.06. The number of phenols is 1. The second-order valence-corrected chi connectivity index (χ2v) is 5.03. The van der Waals surface area contributed by atoms with Crippen molar-refractivity contribution in [1.29, 1.82) is 0 Å². The van der Waals surface area contributed by atoms with Crippen LogP contribution in [0, 0.1) is 10.5 Å². The summed E-state index contributed by atoms with van der Waals surface area (Å²) in [5.41, 5.74) is 3.44. The second kappa shape index (κ2) is 5.94. The molecule has 9 heteroatoms. The van der Waals surface area contributed by atoms with Crippen LogP contribution in [0.5, 0.6) is 11.5 Å². The number of methoxy groups -OCH3 is 1. The maximum atomic E-state index is 9.73. The molecule has 4 N–H and O–H groups in total. The number of benzene rings is 1. The highest BCUT2D eigenvalue weighted by Crippen LogP contribution is 2.31. The number of phenolic OH excluding ortho intramolecular Hbond substituents is 1. The molecule has 0 amide bonds. The number of anilines is 1. The van der Waals surface area contributed by atoms with Crippen molar-refractivity contribution in [3.63, 3.8) is 0 Å². The second-order valence-electron chi connectivity index (χ2n) is 3.86. The van der Waals surface area contributed by atoms with E-state index in [-0.39, 0.29) is 5.75 Å². The van der Waals surface area contributed by atoms with Gasteiger partial charge in [0.05, 0.1) is 16.9 Å². The van der Waals surface area contributed by atoms with Gasteiger partial charge < -0.3 is 15.7 Å². The van der Waals surface area contributed by atoms with Crippen LogP contribution in [0.4, 0.5) is 5.95 Å². The first-order chi connectivity index (χ1) is 9.52. The lowest BCUT2D eigenvalue weighted by molar-refractivity contribution is 0.371. The topological polar surface area (TPSA) is 111 Å². The normalized spacial score (nSPS) is 10.9. The molecule has 106 valence electrons. The van der Waals surface area contributed by atoms with Gasteiger partial charge in [-0.15, -0.1) is 10.2 Å². The van der Waals surface area contributed by atoms with Crippen molar-refractivity contribution in [2.24, 2.45) is 5.10 Å². The molecule has 20 heavy (non-hydrogen) atoms. The van der Waals surface area contributed by atoms with Crippen molar-refractivity contribution in [1.82, 2.24) is 14.9 Å². The summed E-state index contributed by atoms with van der Waals surface area (Å²) < 4.78 is 7.03. The highest BCUT2D eigenvalue weighted by Gasteiger charge is 2.07. The number of hydrogen-bond acceptors (Lipinski definition) is 7. The summed E-state index contributed by atoms with van der Waals surface area (Å²) in [6.07, 6.45) is 1.56. The zero-order chi connectivity index (χ0) is 14.7. The fourth-order valence-corrected chi connectivity index (χ4v) is 2.06. The van der Waals surface area contributed by atoms with E-state index in [1.807, 2.05) is 22.6 Å². The summed E-state index contributed by atoms with van der Waals surface area (Å²) in [7, 11) is 1.49. The minimum absolute atomic E-state index is 0.107. The Kier molecular flexibility index (Phi) is 4.27. The smallest absolute Gasteiger partial charge is 0.263 e. The molecule has 2 aromatic rings. The van der Waals surface area contributed by atoms with Crippen LogP contribution in [0.3, 0.4) is 0 Å². The van der Waals surface area contributed by atoms with E-state index in [1.165, 1.54) is 11.8 Å². The molecule has 8 nitrogen and oxygen atoms in total. The number of rotatable bonds is 4.